The van der Waals surface area contributed by atoms with Gasteiger partial charge in [0.25, 0.3) is 0 Å². The van der Waals surface area contributed by atoms with Crippen molar-refractivity contribution >= 4 is 0 Å². The zero-order valence-corrected chi connectivity index (χ0v) is 11.6. The molecule has 1 saturated heterocycles. The van der Waals surface area contributed by atoms with E-state index in [0.29, 0.717) is 18.1 Å². The second-order valence-electron chi connectivity index (χ2n) is 5.78. The largest absolute Gasteiger partial charge is 0.380 e. The maximum atomic E-state index is 5.60. The smallest absolute Gasteiger partial charge is 0.0724 e. The average molecular weight is 240 g/mol. The minimum Gasteiger partial charge on any atom is -0.380 e. The molecule has 0 radical (unpaired) electrons. The lowest BCUT2D eigenvalue weighted by atomic mass is 9.94. The summed E-state index contributed by atoms with van der Waals surface area (Å²) >= 11 is 0. The molecule has 2 rings (SSSR count). The summed E-state index contributed by atoms with van der Waals surface area (Å²) in [6, 6.07) is 1.52. The van der Waals surface area contributed by atoms with Crippen molar-refractivity contribution in [3.8, 4) is 0 Å². The molecular formula is C14H28N2O. The first-order chi connectivity index (χ1) is 8.24. The van der Waals surface area contributed by atoms with Gasteiger partial charge in [-0.1, -0.05) is 13.8 Å². The van der Waals surface area contributed by atoms with Crippen LogP contribution in [0.15, 0.2) is 0 Å². The molecular weight excluding hydrogens is 212 g/mol. The fraction of sp³-hybridized carbons (Fsp3) is 1.00. The van der Waals surface area contributed by atoms with E-state index < -0.39 is 0 Å². The van der Waals surface area contributed by atoms with Crippen LogP contribution in [0.25, 0.3) is 0 Å². The summed E-state index contributed by atoms with van der Waals surface area (Å²) in [6.07, 6.45) is 5.71. The summed E-state index contributed by atoms with van der Waals surface area (Å²) in [7, 11) is 1.86. The highest BCUT2D eigenvalue weighted by Gasteiger charge is 2.30. The van der Waals surface area contributed by atoms with Crippen LogP contribution in [0.1, 0.15) is 39.5 Å². The van der Waals surface area contributed by atoms with Crippen LogP contribution in [0.5, 0.6) is 0 Å². The first-order valence-corrected chi connectivity index (χ1v) is 7.24. The molecule has 0 amide bonds. The van der Waals surface area contributed by atoms with Crippen LogP contribution in [0.2, 0.25) is 0 Å². The molecule has 1 heterocycles. The Morgan fingerprint density at radius 2 is 2.12 bits per heavy atom. The fourth-order valence-corrected chi connectivity index (χ4v) is 2.82. The highest BCUT2D eigenvalue weighted by atomic mass is 16.5. The Labute approximate surface area is 106 Å². The highest BCUT2D eigenvalue weighted by Crippen LogP contribution is 2.23. The van der Waals surface area contributed by atoms with Gasteiger partial charge < -0.3 is 10.1 Å². The van der Waals surface area contributed by atoms with E-state index in [9.17, 15) is 0 Å². The average Bonchev–Trinajstić information content (AvgIpc) is 3.15. The number of likely N-dealkylation sites (tertiary alicyclic amines) is 1. The first kappa shape index (κ1) is 13.3. The van der Waals surface area contributed by atoms with Crippen LogP contribution >= 0.6 is 0 Å². The van der Waals surface area contributed by atoms with Crippen LogP contribution in [0.4, 0.5) is 0 Å². The summed E-state index contributed by atoms with van der Waals surface area (Å²) < 4.78 is 5.60. The zero-order chi connectivity index (χ0) is 12.3. The normalized spacial score (nSPS) is 32.6. The van der Waals surface area contributed by atoms with Gasteiger partial charge in [0.1, 0.15) is 0 Å². The molecule has 3 unspecified atom stereocenters. The SMILES string of the molecule is CCC(CNC1CC1)N1CCC(C)C(OC)C1. The van der Waals surface area contributed by atoms with Gasteiger partial charge in [-0.05, 0) is 38.1 Å². The van der Waals surface area contributed by atoms with Crippen molar-refractivity contribution in [2.75, 3.05) is 26.7 Å². The highest BCUT2D eigenvalue weighted by molar-refractivity contribution is 4.87. The van der Waals surface area contributed by atoms with Gasteiger partial charge in [-0.2, -0.15) is 0 Å². The third-order valence-electron chi connectivity index (χ3n) is 4.43. The first-order valence-electron chi connectivity index (χ1n) is 7.24. The van der Waals surface area contributed by atoms with Crippen molar-refractivity contribution in [1.29, 1.82) is 0 Å². The van der Waals surface area contributed by atoms with Crippen LogP contribution < -0.4 is 5.32 Å². The minimum absolute atomic E-state index is 0.429. The fourth-order valence-electron chi connectivity index (χ4n) is 2.82. The summed E-state index contributed by atoms with van der Waals surface area (Å²) in [5.74, 6) is 0.713. The number of hydrogen-bond donors (Lipinski definition) is 1. The van der Waals surface area contributed by atoms with E-state index >= 15 is 0 Å². The van der Waals surface area contributed by atoms with Gasteiger partial charge >= 0.3 is 0 Å². The molecule has 1 aliphatic carbocycles. The zero-order valence-electron chi connectivity index (χ0n) is 11.6. The third-order valence-corrected chi connectivity index (χ3v) is 4.43. The second-order valence-corrected chi connectivity index (χ2v) is 5.78. The monoisotopic (exact) mass is 240 g/mol. The van der Waals surface area contributed by atoms with E-state index in [1.165, 1.54) is 32.2 Å². The molecule has 1 saturated carbocycles. The van der Waals surface area contributed by atoms with Crippen molar-refractivity contribution in [3.05, 3.63) is 0 Å². The van der Waals surface area contributed by atoms with E-state index in [2.05, 4.69) is 24.1 Å². The maximum Gasteiger partial charge on any atom is 0.0724 e. The van der Waals surface area contributed by atoms with Crippen LogP contribution in [-0.4, -0.2) is 49.8 Å². The van der Waals surface area contributed by atoms with E-state index in [-0.39, 0.29) is 0 Å². The van der Waals surface area contributed by atoms with Crippen LogP contribution in [-0.2, 0) is 4.74 Å². The van der Waals surface area contributed by atoms with Gasteiger partial charge in [-0.25, -0.2) is 0 Å². The Hall–Kier alpha value is -0.120. The van der Waals surface area contributed by atoms with Crippen molar-refractivity contribution in [1.82, 2.24) is 10.2 Å². The number of piperidine rings is 1. The van der Waals surface area contributed by atoms with Crippen LogP contribution in [0, 0.1) is 5.92 Å². The quantitative estimate of drug-likeness (QED) is 0.767. The number of ether oxygens (including phenoxy) is 1. The molecule has 3 heteroatoms. The molecule has 0 spiro atoms. The molecule has 1 N–H and O–H groups in total. The molecule has 2 aliphatic rings. The molecule has 0 aromatic heterocycles. The van der Waals surface area contributed by atoms with Crippen molar-refractivity contribution in [3.63, 3.8) is 0 Å². The van der Waals surface area contributed by atoms with E-state index in [4.69, 9.17) is 4.74 Å². The van der Waals surface area contributed by atoms with Gasteiger partial charge in [0.05, 0.1) is 6.10 Å². The summed E-state index contributed by atoms with van der Waals surface area (Å²) in [5, 5.41) is 3.67. The van der Waals surface area contributed by atoms with Gasteiger partial charge in [0.15, 0.2) is 0 Å². The lowest BCUT2D eigenvalue weighted by Crippen LogP contribution is -2.51. The molecule has 0 bridgehead atoms. The Bertz CT molecular complexity index is 230. The minimum atomic E-state index is 0.429. The van der Waals surface area contributed by atoms with Crippen LogP contribution in [0.3, 0.4) is 0 Å². The van der Waals surface area contributed by atoms with Crippen molar-refractivity contribution in [2.24, 2.45) is 5.92 Å². The van der Waals surface area contributed by atoms with E-state index in [0.717, 1.165) is 19.1 Å². The maximum absolute atomic E-state index is 5.60. The number of rotatable bonds is 6. The molecule has 1 aliphatic heterocycles. The molecule has 0 aromatic carbocycles. The Morgan fingerprint density at radius 1 is 1.35 bits per heavy atom. The molecule has 3 atom stereocenters. The lowest BCUT2D eigenvalue weighted by molar-refractivity contribution is -0.0194. The summed E-state index contributed by atoms with van der Waals surface area (Å²) in [6.45, 7) is 8.13. The van der Waals surface area contributed by atoms with E-state index in [1.54, 1.807) is 0 Å². The van der Waals surface area contributed by atoms with Gasteiger partial charge in [0.2, 0.25) is 0 Å². The van der Waals surface area contributed by atoms with Crippen molar-refractivity contribution < 1.29 is 4.74 Å². The number of nitrogens with zero attached hydrogens (tertiary/aromatic N) is 1. The molecule has 17 heavy (non-hydrogen) atoms. The standard InChI is InChI=1S/C14H28N2O/c1-4-13(9-15-12-5-6-12)16-8-7-11(2)14(10-16)17-3/h11-15H,4-10H2,1-3H3. The van der Waals surface area contributed by atoms with Crippen molar-refractivity contribution in [2.45, 2.75) is 57.7 Å². The topological polar surface area (TPSA) is 24.5 Å². The number of nitrogens with one attached hydrogen (secondary N) is 1. The Morgan fingerprint density at radius 3 is 2.71 bits per heavy atom. The molecule has 2 fully saturated rings. The molecule has 0 aromatic rings. The van der Waals surface area contributed by atoms with Gasteiger partial charge in [0, 0.05) is 32.3 Å². The second kappa shape index (κ2) is 6.17. The van der Waals surface area contributed by atoms with Gasteiger partial charge in [-0.3, -0.25) is 4.90 Å². The molecule has 3 nitrogen and oxygen atoms in total. The lowest BCUT2D eigenvalue weighted by Gasteiger charge is -2.40. The predicted octanol–water partition coefficient (Wildman–Crippen LogP) is 1.87. The number of methoxy groups -OCH3 is 1. The number of hydrogen-bond acceptors (Lipinski definition) is 3. The Kier molecular flexibility index (Phi) is 4.83. The predicted molar refractivity (Wildman–Crippen MR) is 71.3 cm³/mol. The third kappa shape index (κ3) is 3.67. The Balaban J connectivity index is 1.80. The van der Waals surface area contributed by atoms with E-state index in [1.807, 2.05) is 7.11 Å². The summed E-state index contributed by atoms with van der Waals surface area (Å²) in [5.41, 5.74) is 0. The molecule has 100 valence electrons. The van der Waals surface area contributed by atoms with Gasteiger partial charge in [-0.15, -0.1) is 0 Å². The summed E-state index contributed by atoms with van der Waals surface area (Å²) in [4.78, 5) is 2.63.